The van der Waals surface area contributed by atoms with Gasteiger partial charge in [-0.05, 0) is 12.8 Å². The van der Waals surface area contributed by atoms with Crippen LogP contribution in [0.3, 0.4) is 0 Å². The number of H-pyrrole nitrogens is 1. The molecule has 3 rings (SSSR count). The minimum Gasteiger partial charge on any atom is -0.391 e. The van der Waals surface area contributed by atoms with E-state index in [0.29, 0.717) is 23.7 Å². The number of aromatic nitrogens is 4. The van der Waals surface area contributed by atoms with Crippen molar-refractivity contribution in [3.63, 3.8) is 0 Å². The van der Waals surface area contributed by atoms with Crippen LogP contribution in [-0.4, -0.2) is 43.4 Å². The lowest BCUT2D eigenvalue weighted by Crippen LogP contribution is -2.38. The van der Waals surface area contributed by atoms with Crippen LogP contribution >= 0.6 is 0 Å². The Morgan fingerprint density at radius 3 is 2.75 bits per heavy atom. The number of rotatable bonds is 1. The van der Waals surface area contributed by atoms with Crippen LogP contribution < -0.4 is 16.1 Å². The van der Waals surface area contributed by atoms with Crippen LogP contribution in [0, 0.1) is 0 Å². The molecule has 0 amide bonds. The molecule has 1 saturated heterocycles. The standard InChI is InChI=1S/C12H17N5O3/c1-15-9-8(10(19)16(2)12(15)20)13-11(14-9)17-5-3-4-7(18)6-17/h7,18H,3-6H2,1-2H3,(H,13,14)/t7-/m0/s1. The summed E-state index contributed by atoms with van der Waals surface area (Å²) >= 11 is 0. The van der Waals surface area contributed by atoms with Gasteiger partial charge in [-0.3, -0.25) is 13.9 Å². The molecule has 0 unspecified atom stereocenters. The minimum atomic E-state index is -0.403. The Morgan fingerprint density at radius 1 is 1.30 bits per heavy atom. The van der Waals surface area contributed by atoms with Gasteiger partial charge in [0.2, 0.25) is 5.95 Å². The van der Waals surface area contributed by atoms with E-state index < -0.39 is 5.69 Å². The zero-order valence-corrected chi connectivity index (χ0v) is 11.5. The number of anilines is 1. The van der Waals surface area contributed by atoms with E-state index in [4.69, 9.17) is 0 Å². The van der Waals surface area contributed by atoms with Crippen LogP contribution in [0.5, 0.6) is 0 Å². The topological polar surface area (TPSA) is 96.2 Å². The maximum Gasteiger partial charge on any atom is 0.332 e. The second-order valence-electron chi connectivity index (χ2n) is 5.21. The van der Waals surface area contributed by atoms with Gasteiger partial charge in [-0.2, -0.15) is 4.98 Å². The number of nitrogens with one attached hydrogen (secondary N) is 1. The molecule has 20 heavy (non-hydrogen) atoms. The fraction of sp³-hybridized carbons (Fsp3) is 0.583. The third-order valence-corrected chi connectivity index (χ3v) is 3.78. The molecule has 0 bridgehead atoms. The molecule has 0 saturated carbocycles. The molecule has 2 aromatic heterocycles. The molecule has 0 radical (unpaired) electrons. The maximum atomic E-state index is 12.1. The Balaban J connectivity index is 2.16. The molecular weight excluding hydrogens is 262 g/mol. The molecule has 0 spiro atoms. The van der Waals surface area contributed by atoms with Crippen LogP contribution in [-0.2, 0) is 14.1 Å². The van der Waals surface area contributed by atoms with Crippen molar-refractivity contribution >= 4 is 17.1 Å². The quantitative estimate of drug-likeness (QED) is 0.692. The highest BCUT2D eigenvalue weighted by molar-refractivity contribution is 5.73. The van der Waals surface area contributed by atoms with Gasteiger partial charge in [0.25, 0.3) is 5.56 Å². The van der Waals surface area contributed by atoms with Crippen molar-refractivity contribution in [2.45, 2.75) is 18.9 Å². The summed E-state index contributed by atoms with van der Waals surface area (Å²) in [6.45, 7) is 1.25. The van der Waals surface area contributed by atoms with Crippen molar-refractivity contribution in [2.75, 3.05) is 18.0 Å². The molecule has 1 aliphatic heterocycles. The molecule has 8 heteroatoms. The van der Waals surface area contributed by atoms with Crippen molar-refractivity contribution in [1.29, 1.82) is 0 Å². The van der Waals surface area contributed by atoms with E-state index in [2.05, 4.69) is 9.97 Å². The molecule has 0 aliphatic carbocycles. The number of aliphatic hydroxyl groups excluding tert-OH is 1. The van der Waals surface area contributed by atoms with Gasteiger partial charge in [0.1, 0.15) is 0 Å². The smallest absolute Gasteiger partial charge is 0.332 e. The van der Waals surface area contributed by atoms with Gasteiger partial charge in [0, 0.05) is 27.2 Å². The van der Waals surface area contributed by atoms with Gasteiger partial charge in [-0.15, -0.1) is 0 Å². The summed E-state index contributed by atoms with van der Waals surface area (Å²) in [6.07, 6.45) is 1.26. The summed E-state index contributed by atoms with van der Waals surface area (Å²) in [6, 6.07) is 0. The lowest BCUT2D eigenvalue weighted by Gasteiger charge is -2.29. The first-order chi connectivity index (χ1) is 9.49. The monoisotopic (exact) mass is 279 g/mol. The summed E-state index contributed by atoms with van der Waals surface area (Å²) in [4.78, 5) is 33.1. The van der Waals surface area contributed by atoms with E-state index >= 15 is 0 Å². The Morgan fingerprint density at radius 2 is 2.05 bits per heavy atom. The minimum absolute atomic E-state index is 0.310. The summed E-state index contributed by atoms with van der Waals surface area (Å²) in [5.41, 5.74) is -0.142. The average molecular weight is 279 g/mol. The van der Waals surface area contributed by atoms with Gasteiger partial charge in [0.15, 0.2) is 11.2 Å². The molecule has 2 N–H and O–H groups in total. The SMILES string of the molecule is Cn1c(=O)c2[nH]c(N3CCC[C@H](O)C3)nc2n(C)c1=O. The summed E-state index contributed by atoms with van der Waals surface area (Å²) < 4.78 is 2.40. The molecular formula is C12H17N5O3. The third kappa shape index (κ3) is 1.83. The maximum absolute atomic E-state index is 12.1. The molecule has 0 aromatic carbocycles. The number of hydrogen-bond acceptors (Lipinski definition) is 5. The van der Waals surface area contributed by atoms with Crippen LogP contribution in [0.1, 0.15) is 12.8 Å². The molecule has 8 nitrogen and oxygen atoms in total. The summed E-state index contributed by atoms with van der Waals surface area (Å²) in [5, 5.41) is 9.71. The lowest BCUT2D eigenvalue weighted by molar-refractivity contribution is 0.153. The molecule has 1 aliphatic rings. The van der Waals surface area contributed by atoms with Crippen LogP contribution in [0.25, 0.3) is 11.2 Å². The Labute approximate surface area is 114 Å². The molecule has 1 atom stereocenters. The predicted molar refractivity (Wildman–Crippen MR) is 74.0 cm³/mol. The highest BCUT2D eigenvalue weighted by Gasteiger charge is 2.22. The fourth-order valence-electron chi connectivity index (χ4n) is 2.61. The van der Waals surface area contributed by atoms with Crippen LogP contribution in [0.15, 0.2) is 9.59 Å². The van der Waals surface area contributed by atoms with Gasteiger partial charge < -0.3 is 15.0 Å². The molecule has 2 aromatic rings. The van der Waals surface area contributed by atoms with E-state index in [1.54, 1.807) is 7.05 Å². The molecule has 1 fully saturated rings. The number of piperidine rings is 1. The van der Waals surface area contributed by atoms with E-state index in [9.17, 15) is 14.7 Å². The van der Waals surface area contributed by atoms with E-state index in [1.165, 1.54) is 11.6 Å². The fourth-order valence-corrected chi connectivity index (χ4v) is 2.61. The number of nitrogens with zero attached hydrogens (tertiary/aromatic N) is 4. The first-order valence-corrected chi connectivity index (χ1v) is 6.58. The first-order valence-electron chi connectivity index (χ1n) is 6.58. The number of β-amino-alcohol motifs (C(OH)–C–C–N with tert-alkyl or cyclic N) is 1. The number of aromatic amines is 1. The van der Waals surface area contributed by atoms with E-state index in [1.807, 2.05) is 4.90 Å². The molecule has 108 valence electrons. The van der Waals surface area contributed by atoms with Gasteiger partial charge in [-0.25, -0.2) is 4.79 Å². The van der Waals surface area contributed by atoms with Crippen LogP contribution in [0.2, 0.25) is 0 Å². The van der Waals surface area contributed by atoms with Crippen LogP contribution in [0.4, 0.5) is 5.95 Å². The highest BCUT2D eigenvalue weighted by atomic mass is 16.3. The number of hydrogen-bond donors (Lipinski definition) is 2. The van der Waals surface area contributed by atoms with Gasteiger partial charge >= 0.3 is 5.69 Å². The first kappa shape index (κ1) is 12.9. The highest BCUT2D eigenvalue weighted by Crippen LogP contribution is 2.18. The number of aliphatic hydroxyl groups is 1. The second-order valence-corrected chi connectivity index (χ2v) is 5.21. The largest absolute Gasteiger partial charge is 0.391 e. The van der Waals surface area contributed by atoms with E-state index in [0.717, 1.165) is 24.0 Å². The number of aryl methyl sites for hydroxylation is 1. The van der Waals surface area contributed by atoms with Gasteiger partial charge in [0.05, 0.1) is 6.10 Å². The Bertz CT molecular complexity index is 772. The number of imidazole rings is 1. The second kappa shape index (κ2) is 4.48. The zero-order chi connectivity index (χ0) is 14.4. The Kier molecular flexibility index (Phi) is 2.89. The van der Waals surface area contributed by atoms with Crippen molar-refractivity contribution in [1.82, 2.24) is 19.1 Å². The summed E-state index contributed by atoms with van der Waals surface area (Å²) in [5.74, 6) is 0.525. The predicted octanol–water partition coefficient (Wildman–Crippen LogP) is -1.08. The zero-order valence-electron chi connectivity index (χ0n) is 11.5. The van der Waals surface area contributed by atoms with E-state index in [-0.39, 0.29) is 11.7 Å². The lowest BCUT2D eigenvalue weighted by atomic mass is 10.1. The number of fused-ring (bicyclic) bond motifs is 1. The van der Waals surface area contributed by atoms with Crippen molar-refractivity contribution in [2.24, 2.45) is 14.1 Å². The average Bonchev–Trinajstić information content (AvgIpc) is 2.88. The summed E-state index contributed by atoms with van der Waals surface area (Å²) in [7, 11) is 3.02. The third-order valence-electron chi connectivity index (χ3n) is 3.78. The normalized spacial score (nSPS) is 19.8. The van der Waals surface area contributed by atoms with Gasteiger partial charge in [-0.1, -0.05) is 0 Å². The van der Waals surface area contributed by atoms with Crippen molar-refractivity contribution in [3.05, 3.63) is 20.8 Å². The van der Waals surface area contributed by atoms with Crippen molar-refractivity contribution < 1.29 is 5.11 Å². The van der Waals surface area contributed by atoms with Crippen molar-refractivity contribution in [3.8, 4) is 0 Å². The molecule has 3 heterocycles. The Hall–Kier alpha value is -2.09.